The van der Waals surface area contributed by atoms with E-state index in [0.29, 0.717) is 18.4 Å². The summed E-state index contributed by atoms with van der Waals surface area (Å²) in [4.78, 5) is 10.6. The highest BCUT2D eigenvalue weighted by atomic mass is 32.2. The lowest BCUT2D eigenvalue weighted by atomic mass is 9.99. The van der Waals surface area contributed by atoms with Crippen LogP contribution in [0.5, 0.6) is 0 Å². The van der Waals surface area contributed by atoms with Crippen LogP contribution in [0.25, 0.3) is 0 Å². The van der Waals surface area contributed by atoms with Crippen LogP contribution in [0.4, 0.5) is 4.39 Å². The molecule has 0 amide bonds. The SMILES string of the molecule is CC1CCCC1CNS(=O)(=O)c1ccc(F)c(C(=O)O)c1. The van der Waals surface area contributed by atoms with Gasteiger partial charge in [0.05, 0.1) is 10.5 Å². The maximum absolute atomic E-state index is 13.3. The van der Waals surface area contributed by atoms with Crippen molar-refractivity contribution in [3.8, 4) is 0 Å². The van der Waals surface area contributed by atoms with Gasteiger partial charge in [0, 0.05) is 6.54 Å². The topological polar surface area (TPSA) is 83.5 Å². The molecule has 0 spiro atoms. The molecule has 116 valence electrons. The molecule has 1 fully saturated rings. The molecule has 21 heavy (non-hydrogen) atoms. The van der Waals surface area contributed by atoms with Crippen LogP contribution in [0, 0.1) is 17.7 Å². The van der Waals surface area contributed by atoms with E-state index in [1.807, 2.05) is 0 Å². The van der Waals surface area contributed by atoms with Crippen LogP contribution in [0.3, 0.4) is 0 Å². The molecule has 0 heterocycles. The molecule has 2 N–H and O–H groups in total. The molecule has 2 atom stereocenters. The normalized spacial score (nSPS) is 22.4. The lowest BCUT2D eigenvalue weighted by molar-refractivity contribution is 0.0691. The molecule has 0 radical (unpaired) electrons. The van der Waals surface area contributed by atoms with Crippen LogP contribution in [0.2, 0.25) is 0 Å². The molecule has 0 saturated heterocycles. The molecule has 1 aromatic rings. The highest BCUT2D eigenvalue weighted by Gasteiger charge is 2.26. The zero-order valence-corrected chi connectivity index (χ0v) is 12.5. The summed E-state index contributed by atoms with van der Waals surface area (Å²) in [5.74, 6) is -1.69. The maximum Gasteiger partial charge on any atom is 0.338 e. The van der Waals surface area contributed by atoms with E-state index in [9.17, 15) is 17.6 Å². The second-order valence-corrected chi connectivity index (χ2v) is 7.23. The van der Waals surface area contributed by atoms with Gasteiger partial charge in [0.25, 0.3) is 0 Å². The van der Waals surface area contributed by atoms with E-state index in [2.05, 4.69) is 11.6 Å². The molecule has 1 saturated carbocycles. The van der Waals surface area contributed by atoms with Crippen molar-refractivity contribution in [1.29, 1.82) is 0 Å². The predicted octanol–water partition coefficient (Wildman–Crippen LogP) is 2.24. The summed E-state index contributed by atoms with van der Waals surface area (Å²) in [7, 11) is -3.82. The Morgan fingerprint density at radius 1 is 1.43 bits per heavy atom. The van der Waals surface area contributed by atoms with E-state index in [4.69, 9.17) is 5.11 Å². The third-order valence-electron chi connectivity index (χ3n) is 4.05. The number of sulfonamides is 1. The lowest BCUT2D eigenvalue weighted by Crippen LogP contribution is -2.30. The van der Waals surface area contributed by atoms with Crippen molar-refractivity contribution >= 4 is 16.0 Å². The minimum absolute atomic E-state index is 0.230. The van der Waals surface area contributed by atoms with Crippen molar-refractivity contribution in [2.45, 2.75) is 31.1 Å². The van der Waals surface area contributed by atoms with E-state index < -0.39 is 27.4 Å². The van der Waals surface area contributed by atoms with Crippen molar-refractivity contribution in [1.82, 2.24) is 4.72 Å². The molecule has 1 aliphatic carbocycles. The fourth-order valence-electron chi connectivity index (χ4n) is 2.66. The molecule has 1 aromatic carbocycles. The highest BCUT2D eigenvalue weighted by Crippen LogP contribution is 2.30. The van der Waals surface area contributed by atoms with Gasteiger partial charge in [-0.2, -0.15) is 0 Å². The first-order valence-electron chi connectivity index (χ1n) is 6.84. The minimum Gasteiger partial charge on any atom is -0.478 e. The van der Waals surface area contributed by atoms with Crippen molar-refractivity contribution in [2.24, 2.45) is 11.8 Å². The monoisotopic (exact) mass is 315 g/mol. The van der Waals surface area contributed by atoms with Gasteiger partial charge in [-0.15, -0.1) is 0 Å². The first-order valence-corrected chi connectivity index (χ1v) is 8.32. The number of hydrogen-bond acceptors (Lipinski definition) is 3. The van der Waals surface area contributed by atoms with Crippen molar-refractivity contribution in [2.75, 3.05) is 6.54 Å². The Hall–Kier alpha value is -1.47. The van der Waals surface area contributed by atoms with Gasteiger partial charge in [0.2, 0.25) is 10.0 Å². The molecule has 7 heteroatoms. The molecule has 2 unspecified atom stereocenters. The quantitative estimate of drug-likeness (QED) is 0.873. The Bertz CT molecular complexity index is 644. The number of nitrogens with one attached hydrogen (secondary N) is 1. The second kappa shape index (κ2) is 6.11. The molecule has 5 nitrogen and oxygen atoms in total. The number of carboxylic acids is 1. The maximum atomic E-state index is 13.3. The van der Waals surface area contributed by atoms with Crippen molar-refractivity contribution < 1.29 is 22.7 Å². The van der Waals surface area contributed by atoms with Gasteiger partial charge in [-0.25, -0.2) is 22.3 Å². The fourth-order valence-corrected chi connectivity index (χ4v) is 3.78. The zero-order valence-electron chi connectivity index (χ0n) is 11.7. The standard InChI is InChI=1S/C14H18FNO4S/c1-9-3-2-4-10(9)8-16-21(19,20)11-5-6-13(15)12(7-11)14(17)18/h5-7,9-10,16H,2-4,8H2,1H3,(H,17,18). The largest absolute Gasteiger partial charge is 0.478 e. The number of halogens is 1. The third kappa shape index (κ3) is 3.59. The summed E-state index contributed by atoms with van der Waals surface area (Å²) >= 11 is 0. The molecular weight excluding hydrogens is 297 g/mol. The number of aromatic carboxylic acids is 1. The van der Waals surface area contributed by atoms with E-state index in [-0.39, 0.29) is 4.90 Å². The Labute approximate surface area is 123 Å². The average Bonchev–Trinajstić information content (AvgIpc) is 2.82. The minimum atomic E-state index is -3.82. The Balaban J connectivity index is 2.15. The summed E-state index contributed by atoms with van der Waals surface area (Å²) in [6.45, 7) is 2.41. The Kier molecular flexibility index (Phi) is 4.63. The van der Waals surface area contributed by atoms with Crippen LogP contribution in [-0.4, -0.2) is 26.0 Å². The van der Waals surface area contributed by atoms with Gasteiger partial charge in [-0.05, 0) is 36.5 Å². The number of rotatable bonds is 5. The third-order valence-corrected chi connectivity index (χ3v) is 5.47. The van der Waals surface area contributed by atoms with Crippen LogP contribution < -0.4 is 4.72 Å². The van der Waals surface area contributed by atoms with Crippen LogP contribution in [-0.2, 0) is 10.0 Å². The lowest BCUT2D eigenvalue weighted by Gasteiger charge is -2.16. The van der Waals surface area contributed by atoms with E-state index in [1.54, 1.807) is 0 Å². The molecule has 0 bridgehead atoms. The van der Waals surface area contributed by atoms with Crippen LogP contribution >= 0.6 is 0 Å². The van der Waals surface area contributed by atoms with E-state index in [1.165, 1.54) is 0 Å². The number of carbonyl (C=O) groups is 1. The first kappa shape index (κ1) is 15.9. The zero-order chi connectivity index (χ0) is 15.6. The van der Waals surface area contributed by atoms with Gasteiger partial charge >= 0.3 is 5.97 Å². The Morgan fingerprint density at radius 3 is 2.71 bits per heavy atom. The summed E-state index contributed by atoms with van der Waals surface area (Å²) in [5, 5.41) is 8.84. The van der Waals surface area contributed by atoms with E-state index in [0.717, 1.165) is 37.5 Å². The average molecular weight is 315 g/mol. The first-order chi connectivity index (χ1) is 9.81. The van der Waals surface area contributed by atoms with Gasteiger partial charge in [0.15, 0.2) is 0 Å². The van der Waals surface area contributed by atoms with Gasteiger partial charge in [0.1, 0.15) is 5.82 Å². The Morgan fingerprint density at radius 2 is 2.14 bits per heavy atom. The smallest absolute Gasteiger partial charge is 0.338 e. The number of hydrogen-bond donors (Lipinski definition) is 2. The molecule has 0 aromatic heterocycles. The second-order valence-electron chi connectivity index (χ2n) is 5.47. The van der Waals surface area contributed by atoms with E-state index >= 15 is 0 Å². The number of benzene rings is 1. The summed E-state index contributed by atoms with van der Waals surface area (Å²) in [6, 6.07) is 2.77. The van der Waals surface area contributed by atoms with Crippen molar-refractivity contribution in [3.05, 3.63) is 29.6 Å². The summed E-state index contributed by atoms with van der Waals surface area (Å²) in [6.07, 6.45) is 3.16. The molecule has 1 aliphatic rings. The van der Waals surface area contributed by atoms with Crippen molar-refractivity contribution in [3.63, 3.8) is 0 Å². The van der Waals surface area contributed by atoms with Gasteiger partial charge in [-0.1, -0.05) is 19.8 Å². The van der Waals surface area contributed by atoms with Crippen LogP contribution in [0.1, 0.15) is 36.5 Å². The molecular formula is C14H18FNO4S. The van der Waals surface area contributed by atoms with Gasteiger partial charge < -0.3 is 5.11 Å². The highest BCUT2D eigenvalue weighted by molar-refractivity contribution is 7.89. The summed E-state index contributed by atoms with van der Waals surface area (Å²) in [5.41, 5.74) is -0.646. The van der Waals surface area contributed by atoms with Crippen LogP contribution in [0.15, 0.2) is 23.1 Å². The number of carboxylic acid groups (broad SMARTS) is 1. The van der Waals surface area contributed by atoms with Gasteiger partial charge in [-0.3, -0.25) is 0 Å². The predicted molar refractivity (Wildman–Crippen MR) is 75.1 cm³/mol. The molecule has 0 aliphatic heterocycles. The molecule has 2 rings (SSSR count). The fraction of sp³-hybridized carbons (Fsp3) is 0.500. The summed E-state index contributed by atoms with van der Waals surface area (Å²) < 4.78 is 40.1.